The molecule has 2 rings (SSSR count). The van der Waals surface area contributed by atoms with Crippen LogP contribution in [0.4, 0.5) is 0 Å². The van der Waals surface area contributed by atoms with Crippen molar-refractivity contribution in [3.05, 3.63) is 29.6 Å². The summed E-state index contributed by atoms with van der Waals surface area (Å²) in [5.41, 5.74) is 2.45. The summed E-state index contributed by atoms with van der Waals surface area (Å²) in [6.07, 6.45) is 4.67. The molecular weight excluding hydrogens is 222 g/mol. The minimum atomic E-state index is 0.740. The number of aromatic nitrogens is 1. The molecule has 0 bridgehead atoms. The Labute approximate surface area is 111 Å². The normalized spacial score (nSPS) is 20.8. The highest BCUT2D eigenvalue weighted by atomic mass is 15.2. The summed E-state index contributed by atoms with van der Waals surface area (Å²) < 4.78 is 0. The van der Waals surface area contributed by atoms with Gasteiger partial charge in [0.25, 0.3) is 0 Å². The first-order chi connectivity index (χ1) is 8.70. The zero-order chi connectivity index (χ0) is 13.0. The third-order valence-corrected chi connectivity index (χ3v) is 3.82. The molecule has 0 radical (unpaired) electrons. The minimum absolute atomic E-state index is 0.740. The van der Waals surface area contributed by atoms with Crippen LogP contribution in [0.25, 0.3) is 0 Å². The molecule has 1 atom stereocenters. The van der Waals surface area contributed by atoms with Gasteiger partial charge in [-0.1, -0.05) is 19.9 Å². The van der Waals surface area contributed by atoms with Gasteiger partial charge in [0.05, 0.1) is 5.69 Å². The SMILES string of the molecule is CNCc1ccc(CN2CCCC2C(C)C)nc1. The van der Waals surface area contributed by atoms with E-state index >= 15 is 0 Å². The average molecular weight is 247 g/mol. The van der Waals surface area contributed by atoms with Gasteiger partial charge in [-0.05, 0) is 44.0 Å². The Morgan fingerprint density at radius 1 is 1.44 bits per heavy atom. The van der Waals surface area contributed by atoms with Gasteiger partial charge in [0.2, 0.25) is 0 Å². The van der Waals surface area contributed by atoms with E-state index in [1.54, 1.807) is 0 Å². The van der Waals surface area contributed by atoms with Crippen molar-refractivity contribution in [2.75, 3.05) is 13.6 Å². The average Bonchev–Trinajstić information content (AvgIpc) is 2.80. The second-order valence-electron chi connectivity index (χ2n) is 5.61. The van der Waals surface area contributed by atoms with Crippen molar-refractivity contribution in [1.29, 1.82) is 0 Å². The van der Waals surface area contributed by atoms with E-state index in [1.807, 2.05) is 13.2 Å². The quantitative estimate of drug-likeness (QED) is 0.866. The molecule has 1 saturated heterocycles. The van der Waals surface area contributed by atoms with E-state index in [2.05, 4.69) is 41.2 Å². The third kappa shape index (κ3) is 3.30. The number of pyridine rings is 1. The molecule has 0 aliphatic carbocycles. The maximum absolute atomic E-state index is 4.57. The lowest BCUT2D eigenvalue weighted by atomic mass is 10.0. The molecule has 1 aromatic heterocycles. The molecule has 0 saturated carbocycles. The Hall–Kier alpha value is -0.930. The molecule has 2 heterocycles. The van der Waals surface area contributed by atoms with Gasteiger partial charge >= 0.3 is 0 Å². The highest BCUT2D eigenvalue weighted by molar-refractivity contribution is 5.14. The van der Waals surface area contributed by atoms with Crippen molar-refractivity contribution >= 4 is 0 Å². The summed E-state index contributed by atoms with van der Waals surface area (Å²) in [5.74, 6) is 0.746. The number of nitrogens with zero attached hydrogens (tertiary/aromatic N) is 2. The Bertz CT molecular complexity index is 359. The molecule has 1 fully saturated rings. The Balaban J connectivity index is 1.96. The molecule has 1 N–H and O–H groups in total. The van der Waals surface area contributed by atoms with Crippen LogP contribution in [0.15, 0.2) is 18.3 Å². The maximum Gasteiger partial charge on any atom is 0.0544 e. The van der Waals surface area contributed by atoms with E-state index in [0.29, 0.717) is 0 Å². The summed E-state index contributed by atoms with van der Waals surface area (Å²) in [5, 5.41) is 3.15. The van der Waals surface area contributed by atoms with E-state index in [-0.39, 0.29) is 0 Å². The molecule has 1 aliphatic rings. The molecule has 18 heavy (non-hydrogen) atoms. The first kappa shape index (κ1) is 13.5. The zero-order valence-corrected chi connectivity index (χ0v) is 11.8. The fraction of sp³-hybridized carbons (Fsp3) is 0.667. The Kier molecular flexibility index (Phi) is 4.72. The van der Waals surface area contributed by atoms with Gasteiger partial charge in [-0.3, -0.25) is 9.88 Å². The summed E-state index contributed by atoms with van der Waals surface area (Å²) in [6.45, 7) is 7.77. The van der Waals surface area contributed by atoms with E-state index in [0.717, 1.165) is 25.0 Å². The lowest BCUT2D eigenvalue weighted by molar-refractivity contribution is 0.196. The van der Waals surface area contributed by atoms with Crippen molar-refractivity contribution in [3.63, 3.8) is 0 Å². The van der Waals surface area contributed by atoms with Gasteiger partial charge in [0, 0.05) is 25.3 Å². The lowest BCUT2D eigenvalue weighted by Gasteiger charge is -2.27. The standard InChI is InChI=1S/C15H25N3/c1-12(2)15-5-4-8-18(15)11-14-7-6-13(9-16-3)10-17-14/h6-7,10,12,15-16H,4-5,8-9,11H2,1-3H3. The van der Waals surface area contributed by atoms with Crippen LogP contribution >= 0.6 is 0 Å². The fourth-order valence-corrected chi connectivity index (χ4v) is 2.87. The monoisotopic (exact) mass is 247 g/mol. The lowest BCUT2D eigenvalue weighted by Crippen LogP contribution is -2.33. The summed E-state index contributed by atoms with van der Waals surface area (Å²) in [6, 6.07) is 5.09. The summed E-state index contributed by atoms with van der Waals surface area (Å²) in [4.78, 5) is 7.16. The van der Waals surface area contributed by atoms with E-state index in [4.69, 9.17) is 0 Å². The van der Waals surface area contributed by atoms with Crippen molar-refractivity contribution in [3.8, 4) is 0 Å². The molecule has 3 heteroatoms. The largest absolute Gasteiger partial charge is 0.316 e. The van der Waals surface area contributed by atoms with Gasteiger partial charge in [-0.2, -0.15) is 0 Å². The van der Waals surface area contributed by atoms with Gasteiger partial charge < -0.3 is 5.32 Å². The molecule has 1 unspecified atom stereocenters. The smallest absolute Gasteiger partial charge is 0.0544 e. The van der Waals surface area contributed by atoms with Crippen molar-refractivity contribution in [2.24, 2.45) is 5.92 Å². The Morgan fingerprint density at radius 3 is 2.89 bits per heavy atom. The number of likely N-dealkylation sites (tertiary alicyclic amines) is 1. The predicted molar refractivity (Wildman–Crippen MR) is 75.3 cm³/mol. The van der Waals surface area contributed by atoms with Gasteiger partial charge in [0.15, 0.2) is 0 Å². The predicted octanol–water partition coefficient (Wildman–Crippen LogP) is 2.42. The van der Waals surface area contributed by atoms with E-state index in [9.17, 15) is 0 Å². The van der Waals surface area contributed by atoms with Gasteiger partial charge in [-0.15, -0.1) is 0 Å². The number of hydrogen-bond acceptors (Lipinski definition) is 3. The summed E-state index contributed by atoms with van der Waals surface area (Å²) in [7, 11) is 1.96. The zero-order valence-electron chi connectivity index (χ0n) is 11.8. The molecule has 3 nitrogen and oxygen atoms in total. The molecule has 100 valence electrons. The highest BCUT2D eigenvalue weighted by Crippen LogP contribution is 2.25. The fourth-order valence-electron chi connectivity index (χ4n) is 2.87. The maximum atomic E-state index is 4.57. The van der Waals surface area contributed by atoms with Crippen LogP contribution in [0.2, 0.25) is 0 Å². The topological polar surface area (TPSA) is 28.2 Å². The molecule has 0 aromatic carbocycles. The van der Waals surface area contributed by atoms with Crippen LogP contribution in [0.3, 0.4) is 0 Å². The molecule has 0 amide bonds. The van der Waals surface area contributed by atoms with Crippen molar-refractivity contribution < 1.29 is 0 Å². The van der Waals surface area contributed by atoms with Crippen LogP contribution in [-0.2, 0) is 13.1 Å². The van der Waals surface area contributed by atoms with Crippen LogP contribution in [0.5, 0.6) is 0 Å². The molecular formula is C15H25N3. The number of rotatable bonds is 5. The third-order valence-electron chi connectivity index (χ3n) is 3.82. The first-order valence-corrected chi connectivity index (χ1v) is 7.03. The number of hydrogen-bond donors (Lipinski definition) is 1. The van der Waals surface area contributed by atoms with Crippen LogP contribution in [0, 0.1) is 5.92 Å². The van der Waals surface area contributed by atoms with Crippen LogP contribution < -0.4 is 5.32 Å². The van der Waals surface area contributed by atoms with Crippen molar-refractivity contribution in [1.82, 2.24) is 15.2 Å². The molecule has 0 spiro atoms. The second kappa shape index (κ2) is 6.30. The highest BCUT2D eigenvalue weighted by Gasteiger charge is 2.26. The van der Waals surface area contributed by atoms with Crippen molar-refractivity contribution in [2.45, 2.75) is 45.8 Å². The second-order valence-corrected chi connectivity index (χ2v) is 5.61. The van der Waals surface area contributed by atoms with Gasteiger partial charge in [0.1, 0.15) is 0 Å². The van der Waals surface area contributed by atoms with E-state index < -0.39 is 0 Å². The molecule has 1 aliphatic heterocycles. The minimum Gasteiger partial charge on any atom is -0.316 e. The number of nitrogens with one attached hydrogen (secondary N) is 1. The van der Waals surface area contributed by atoms with Crippen LogP contribution in [0.1, 0.15) is 37.9 Å². The Morgan fingerprint density at radius 2 is 2.28 bits per heavy atom. The molecule has 1 aromatic rings. The summed E-state index contributed by atoms with van der Waals surface area (Å²) >= 11 is 0. The van der Waals surface area contributed by atoms with Crippen LogP contribution in [-0.4, -0.2) is 29.5 Å². The first-order valence-electron chi connectivity index (χ1n) is 7.03. The van der Waals surface area contributed by atoms with Gasteiger partial charge in [-0.25, -0.2) is 0 Å². The van der Waals surface area contributed by atoms with E-state index in [1.165, 1.54) is 30.6 Å².